The quantitative estimate of drug-likeness (QED) is 0.803. The van der Waals surface area contributed by atoms with Crippen LogP contribution in [0.15, 0.2) is 11.6 Å². The van der Waals surface area contributed by atoms with E-state index in [1.165, 1.54) is 70.3 Å². The van der Waals surface area contributed by atoms with Gasteiger partial charge in [-0.15, -0.1) is 0 Å². The molecule has 120 valence electrons. The van der Waals surface area contributed by atoms with Gasteiger partial charge in [0.15, 0.2) is 0 Å². The second kappa shape index (κ2) is 7.26. The molecule has 0 spiro atoms. The van der Waals surface area contributed by atoms with Crippen LogP contribution < -0.4 is 5.32 Å². The molecule has 3 fully saturated rings. The van der Waals surface area contributed by atoms with Gasteiger partial charge in [-0.2, -0.15) is 0 Å². The molecule has 0 aliphatic carbocycles. The Labute approximate surface area is 130 Å². The number of likely N-dealkylation sites (tertiary alicyclic amines) is 1. The van der Waals surface area contributed by atoms with Crippen LogP contribution in [0.3, 0.4) is 0 Å². The molecule has 0 amide bonds. The number of fused-ring (bicyclic) bond motifs is 1. The lowest BCUT2D eigenvalue weighted by Gasteiger charge is -2.37. The van der Waals surface area contributed by atoms with Gasteiger partial charge in [0.05, 0.1) is 0 Å². The minimum absolute atomic E-state index is 0.764. The summed E-state index contributed by atoms with van der Waals surface area (Å²) in [6.45, 7) is 10.8. The third-order valence-electron chi connectivity index (χ3n) is 5.65. The van der Waals surface area contributed by atoms with Gasteiger partial charge in [0.2, 0.25) is 0 Å². The smallest absolute Gasteiger partial charge is 0.0249 e. The van der Waals surface area contributed by atoms with Crippen molar-refractivity contribution >= 4 is 0 Å². The summed E-state index contributed by atoms with van der Waals surface area (Å²) in [5.41, 5.74) is 1.44. The maximum Gasteiger partial charge on any atom is 0.0249 e. The van der Waals surface area contributed by atoms with Crippen molar-refractivity contribution in [3.8, 4) is 0 Å². The van der Waals surface area contributed by atoms with Crippen LogP contribution in [0, 0.1) is 0 Å². The Morgan fingerprint density at radius 2 is 1.81 bits per heavy atom. The SMILES string of the molecule is CC(C)=CCN1CCC(NC2CCN3CCCCC23)CC1. The van der Waals surface area contributed by atoms with Crippen molar-refractivity contribution < 1.29 is 0 Å². The van der Waals surface area contributed by atoms with Crippen LogP contribution in [-0.2, 0) is 0 Å². The number of nitrogens with one attached hydrogen (secondary N) is 1. The Morgan fingerprint density at radius 1 is 1.00 bits per heavy atom. The van der Waals surface area contributed by atoms with Gasteiger partial charge >= 0.3 is 0 Å². The fourth-order valence-corrected chi connectivity index (χ4v) is 4.34. The third-order valence-corrected chi connectivity index (χ3v) is 5.65. The van der Waals surface area contributed by atoms with E-state index in [-0.39, 0.29) is 0 Å². The fourth-order valence-electron chi connectivity index (χ4n) is 4.34. The van der Waals surface area contributed by atoms with Crippen molar-refractivity contribution in [2.24, 2.45) is 0 Å². The maximum atomic E-state index is 4.02. The van der Waals surface area contributed by atoms with Gasteiger partial charge in [-0.3, -0.25) is 9.80 Å². The predicted molar refractivity (Wildman–Crippen MR) is 89.6 cm³/mol. The summed E-state index contributed by atoms with van der Waals surface area (Å²) >= 11 is 0. The highest BCUT2D eigenvalue weighted by atomic mass is 15.2. The lowest BCUT2D eigenvalue weighted by atomic mass is 9.96. The zero-order chi connectivity index (χ0) is 14.7. The Kier molecular flexibility index (Phi) is 5.36. The van der Waals surface area contributed by atoms with Crippen LogP contribution in [0.1, 0.15) is 52.4 Å². The van der Waals surface area contributed by atoms with Gasteiger partial charge in [-0.05, 0) is 65.6 Å². The van der Waals surface area contributed by atoms with E-state index in [0.717, 1.165) is 24.7 Å². The first-order valence-corrected chi connectivity index (χ1v) is 9.08. The molecule has 1 N–H and O–H groups in total. The molecule has 0 radical (unpaired) electrons. The van der Waals surface area contributed by atoms with Crippen LogP contribution in [0.2, 0.25) is 0 Å². The molecule has 0 bridgehead atoms. The fraction of sp³-hybridized carbons (Fsp3) is 0.889. The number of rotatable bonds is 4. The molecule has 3 aliphatic rings. The molecule has 2 atom stereocenters. The summed E-state index contributed by atoms with van der Waals surface area (Å²) in [4.78, 5) is 5.35. The molecule has 0 aromatic rings. The third kappa shape index (κ3) is 4.08. The van der Waals surface area contributed by atoms with E-state index in [9.17, 15) is 0 Å². The first-order valence-electron chi connectivity index (χ1n) is 9.08. The highest BCUT2D eigenvalue weighted by molar-refractivity contribution is 4.98. The lowest BCUT2D eigenvalue weighted by Crippen LogP contribution is -2.51. The Bertz CT molecular complexity index is 353. The van der Waals surface area contributed by atoms with Crippen LogP contribution in [0.25, 0.3) is 0 Å². The number of nitrogens with zero attached hydrogens (tertiary/aromatic N) is 2. The first kappa shape index (κ1) is 15.5. The van der Waals surface area contributed by atoms with Crippen molar-refractivity contribution in [2.75, 3.05) is 32.7 Å². The van der Waals surface area contributed by atoms with Crippen LogP contribution in [-0.4, -0.2) is 60.6 Å². The molecule has 0 saturated carbocycles. The molecule has 3 heteroatoms. The van der Waals surface area contributed by atoms with E-state index in [1.54, 1.807) is 0 Å². The minimum atomic E-state index is 0.764. The van der Waals surface area contributed by atoms with Crippen LogP contribution in [0.4, 0.5) is 0 Å². The van der Waals surface area contributed by atoms with Crippen molar-refractivity contribution in [3.63, 3.8) is 0 Å². The number of hydrogen-bond donors (Lipinski definition) is 1. The molecule has 3 rings (SSSR count). The van der Waals surface area contributed by atoms with E-state index in [4.69, 9.17) is 0 Å². The Balaban J connectivity index is 1.42. The molecular weight excluding hydrogens is 258 g/mol. The molecule has 3 heterocycles. The summed E-state index contributed by atoms with van der Waals surface area (Å²) in [7, 11) is 0. The summed E-state index contributed by atoms with van der Waals surface area (Å²) < 4.78 is 0. The molecule has 3 aliphatic heterocycles. The molecule has 3 nitrogen and oxygen atoms in total. The molecule has 0 aromatic carbocycles. The Hall–Kier alpha value is -0.380. The van der Waals surface area contributed by atoms with Crippen molar-refractivity contribution in [1.82, 2.24) is 15.1 Å². The zero-order valence-corrected chi connectivity index (χ0v) is 14.0. The second-order valence-electron chi connectivity index (χ2n) is 7.52. The highest BCUT2D eigenvalue weighted by Gasteiger charge is 2.36. The monoisotopic (exact) mass is 291 g/mol. The normalized spacial score (nSPS) is 32.1. The summed E-state index contributed by atoms with van der Waals surface area (Å²) in [6, 6.07) is 2.39. The van der Waals surface area contributed by atoms with Gasteiger partial charge in [0.25, 0.3) is 0 Å². The van der Waals surface area contributed by atoms with E-state index in [0.29, 0.717) is 0 Å². The van der Waals surface area contributed by atoms with Crippen molar-refractivity contribution in [2.45, 2.75) is 70.5 Å². The maximum absolute atomic E-state index is 4.02. The number of hydrogen-bond acceptors (Lipinski definition) is 3. The molecule has 21 heavy (non-hydrogen) atoms. The molecule has 2 unspecified atom stereocenters. The largest absolute Gasteiger partial charge is 0.310 e. The average Bonchev–Trinajstić information content (AvgIpc) is 2.90. The van der Waals surface area contributed by atoms with Crippen molar-refractivity contribution in [1.29, 1.82) is 0 Å². The standard InChI is InChI=1S/C18H33N3/c1-15(2)6-11-20-12-7-16(8-13-20)19-17-9-14-21-10-4-3-5-18(17)21/h6,16-19H,3-5,7-14H2,1-2H3. The summed E-state index contributed by atoms with van der Waals surface area (Å²) in [5, 5.41) is 4.02. The highest BCUT2D eigenvalue weighted by Crippen LogP contribution is 2.28. The summed E-state index contributed by atoms with van der Waals surface area (Å²) in [5.74, 6) is 0. The minimum Gasteiger partial charge on any atom is -0.310 e. The first-order chi connectivity index (χ1) is 10.2. The van der Waals surface area contributed by atoms with Gasteiger partial charge in [-0.1, -0.05) is 18.1 Å². The van der Waals surface area contributed by atoms with E-state index in [2.05, 4.69) is 35.0 Å². The molecular formula is C18H33N3. The second-order valence-corrected chi connectivity index (χ2v) is 7.52. The zero-order valence-electron chi connectivity index (χ0n) is 14.0. The van der Waals surface area contributed by atoms with Crippen LogP contribution >= 0.6 is 0 Å². The number of piperidine rings is 2. The van der Waals surface area contributed by atoms with E-state index < -0.39 is 0 Å². The lowest BCUT2D eigenvalue weighted by molar-refractivity contribution is 0.161. The van der Waals surface area contributed by atoms with Crippen molar-refractivity contribution in [3.05, 3.63) is 11.6 Å². The Morgan fingerprint density at radius 3 is 2.57 bits per heavy atom. The van der Waals surface area contributed by atoms with Gasteiger partial charge in [0.1, 0.15) is 0 Å². The van der Waals surface area contributed by atoms with Gasteiger partial charge in [-0.25, -0.2) is 0 Å². The van der Waals surface area contributed by atoms with E-state index >= 15 is 0 Å². The average molecular weight is 291 g/mol. The number of allylic oxidation sites excluding steroid dienone is 1. The molecule has 0 aromatic heterocycles. The topological polar surface area (TPSA) is 18.5 Å². The summed E-state index contributed by atoms with van der Waals surface area (Å²) in [6.07, 6.45) is 10.7. The molecule has 3 saturated heterocycles. The van der Waals surface area contributed by atoms with Gasteiger partial charge < -0.3 is 5.32 Å². The van der Waals surface area contributed by atoms with E-state index in [1.807, 2.05) is 0 Å². The van der Waals surface area contributed by atoms with Crippen LogP contribution in [0.5, 0.6) is 0 Å². The van der Waals surface area contributed by atoms with Gasteiger partial charge in [0, 0.05) is 31.2 Å². The predicted octanol–water partition coefficient (Wildman–Crippen LogP) is 2.63.